The summed E-state index contributed by atoms with van der Waals surface area (Å²) in [5.41, 5.74) is 0. The van der Waals surface area contributed by atoms with Crippen molar-refractivity contribution in [1.82, 2.24) is 4.90 Å². The Morgan fingerprint density at radius 3 is 2.22 bits per heavy atom. The number of likely N-dealkylation sites (N-methyl/N-ethyl adjacent to an activating group) is 1. The Hall–Kier alpha value is -0.120. The normalized spacial score (nSPS) is 12.4. The maximum atomic E-state index is 9.76. The molecule has 0 amide bonds. The van der Waals surface area contributed by atoms with Crippen molar-refractivity contribution in [2.75, 3.05) is 20.6 Å². The molecule has 0 aliphatic heterocycles. The minimum Gasteiger partial charge on any atom is -0.384 e. The molecule has 4 heteroatoms. The fraction of sp³-hybridized carbons (Fsp3) is 0.800. The van der Waals surface area contributed by atoms with Crippen molar-refractivity contribution in [1.29, 1.82) is 0 Å². The molecule has 0 saturated heterocycles. The van der Waals surface area contributed by atoms with Crippen LogP contribution in [0.4, 0.5) is 0 Å². The Bertz CT molecular complexity index is 77.4. The number of rotatable bonds is 3. The van der Waals surface area contributed by atoms with Gasteiger partial charge in [-0.25, -0.2) is 0 Å². The molecule has 0 radical (unpaired) electrons. The monoisotopic (exact) mass is 153 g/mol. The second-order valence-corrected chi connectivity index (χ2v) is 1.97. The maximum Gasteiger partial charge on any atom is 0.149 e. The molecule has 0 bridgehead atoms. The topological polar surface area (TPSA) is 40.5 Å². The van der Waals surface area contributed by atoms with Gasteiger partial charge in [0.2, 0.25) is 0 Å². The largest absolute Gasteiger partial charge is 0.384 e. The van der Waals surface area contributed by atoms with Gasteiger partial charge >= 0.3 is 0 Å². The van der Waals surface area contributed by atoms with Gasteiger partial charge in [-0.2, -0.15) is 0 Å². The van der Waals surface area contributed by atoms with E-state index in [4.69, 9.17) is 5.11 Å². The van der Waals surface area contributed by atoms with Crippen LogP contribution in [-0.4, -0.2) is 43.0 Å². The highest BCUT2D eigenvalue weighted by atomic mass is 35.5. The summed E-state index contributed by atoms with van der Waals surface area (Å²) in [6.45, 7) is 0.406. The molecule has 0 fully saturated rings. The summed E-state index contributed by atoms with van der Waals surface area (Å²) in [7, 11) is 3.60. The molecule has 1 unspecified atom stereocenters. The smallest absolute Gasteiger partial charge is 0.149 e. The van der Waals surface area contributed by atoms with E-state index in [1.54, 1.807) is 19.0 Å². The van der Waals surface area contributed by atoms with Crippen molar-refractivity contribution >= 4 is 18.7 Å². The average Bonchev–Trinajstić information content (AvgIpc) is 1.65. The van der Waals surface area contributed by atoms with E-state index in [1.165, 1.54) is 0 Å². The van der Waals surface area contributed by atoms with Crippen LogP contribution in [-0.2, 0) is 4.79 Å². The van der Waals surface area contributed by atoms with E-state index in [-0.39, 0.29) is 12.4 Å². The zero-order valence-corrected chi connectivity index (χ0v) is 6.39. The van der Waals surface area contributed by atoms with Crippen molar-refractivity contribution in [3.8, 4) is 0 Å². The number of hydrogen-bond acceptors (Lipinski definition) is 3. The minimum atomic E-state index is -0.829. The molecule has 0 saturated carbocycles. The molecule has 0 aromatic carbocycles. The molecule has 0 aromatic heterocycles. The zero-order chi connectivity index (χ0) is 6.57. The van der Waals surface area contributed by atoms with Gasteiger partial charge < -0.3 is 14.8 Å². The fourth-order valence-electron chi connectivity index (χ4n) is 0.417. The number of halogens is 1. The Morgan fingerprint density at radius 1 is 1.67 bits per heavy atom. The maximum absolute atomic E-state index is 9.76. The van der Waals surface area contributed by atoms with Crippen LogP contribution in [0.2, 0.25) is 0 Å². The van der Waals surface area contributed by atoms with E-state index in [9.17, 15) is 4.79 Å². The van der Waals surface area contributed by atoms with Gasteiger partial charge in [0.15, 0.2) is 0 Å². The van der Waals surface area contributed by atoms with E-state index in [0.717, 1.165) is 0 Å². The molecule has 56 valence electrons. The van der Waals surface area contributed by atoms with Crippen molar-refractivity contribution in [2.45, 2.75) is 6.10 Å². The van der Waals surface area contributed by atoms with Gasteiger partial charge in [0.05, 0.1) is 0 Å². The van der Waals surface area contributed by atoms with Gasteiger partial charge in [-0.05, 0) is 14.1 Å². The SMILES string of the molecule is CN(C)CC(O)C=O.Cl. The molecule has 0 spiro atoms. The van der Waals surface area contributed by atoms with Crippen LogP contribution in [0.3, 0.4) is 0 Å². The number of nitrogens with zero attached hydrogens (tertiary/aromatic N) is 1. The van der Waals surface area contributed by atoms with Crippen LogP contribution in [0.25, 0.3) is 0 Å². The molecule has 0 rings (SSSR count). The lowest BCUT2D eigenvalue weighted by Crippen LogP contribution is -2.26. The number of aliphatic hydroxyl groups excluding tert-OH is 1. The predicted molar refractivity (Wildman–Crippen MR) is 37.9 cm³/mol. The third kappa shape index (κ3) is 7.88. The molecule has 1 atom stereocenters. The van der Waals surface area contributed by atoms with Crippen LogP contribution in [0.1, 0.15) is 0 Å². The van der Waals surface area contributed by atoms with Crippen LogP contribution >= 0.6 is 12.4 Å². The van der Waals surface area contributed by atoms with Crippen LogP contribution in [0, 0.1) is 0 Å². The molecule has 1 N–H and O–H groups in total. The highest BCUT2D eigenvalue weighted by Gasteiger charge is 2.00. The molecule has 0 heterocycles. The molecular weight excluding hydrogens is 142 g/mol. The highest BCUT2D eigenvalue weighted by molar-refractivity contribution is 5.85. The molecule has 0 aliphatic carbocycles. The van der Waals surface area contributed by atoms with Crippen molar-refractivity contribution in [2.24, 2.45) is 0 Å². The molecule has 0 aliphatic rings. The fourth-order valence-corrected chi connectivity index (χ4v) is 0.417. The third-order valence-electron chi connectivity index (χ3n) is 0.709. The molecular formula is C5H12ClNO2. The lowest BCUT2D eigenvalue weighted by molar-refractivity contribution is -0.115. The number of hydrogen-bond donors (Lipinski definition) is 1. The summed E-state index contributed by atoms with van der Waals surface area (Å²) in [5, 5.41) is 8.62. The number of aliphatic hydroxyl groups is 1. The minimum absolute atomic E-state index is 0. The molecule has 9 heavy (non-hydrogen) atoms. The highest BCUT2D eigenvalue weighted by Crippen LogP contribution is 1.78. The second kappa shape index (κ2) is 6.01. The van der Waals surface area contributed by atoms with Crippen molar-refractivity contribution in [3.05, 3.63) is 0 Å². The summed E-state index contributed by atoms with van der Waals surface area (Å²) < 4.78 is 0. The van der Waals surface area contributed by atoms with E-state index in [1.807, 2.05) is 0 Å². The van der Waals surface area contributed by atoms with Crippen LogP contribution < -0.4 is 0 Å². The predicted octanol–water partition coefficient (Wildman–Crippen LogP) is -0.470. The van der Waals surface area contributed by atoms with Gasteiger partial charge in [-0.1, -0.05) is 0 Å². The van der Waals surface area contributed by atoms with Crippen LogP contribution in [0.15, 0.2) is 0 Å². The number of carbonyl (C=O) groups is 1. The van der Waals surface area contributed by atoms with E-state index < -0.39 is 6.10 Å². The lowest BCUT2D eigenvalue weighted by Gasteiger charge is -2.09. The van der Waals surface area contributed by atoms with E-state index in [2.05, 4.69) is 0 Å². The van der Waals surface area contributed by atoms with Crippen molar-refractivity contribution < 1.29 is 9.90 Å². The summed E-state index contributed by atoms with van der Waals surface area (Å²) in [5.74, 6) is 0. The van der Waals surface area contributed by atoms with Gasteiger partial charge in [0.25, 0.3) is 0 Å². The summed E-state index contributed by atoms with van der Waals surface area (Å²) in [6, 6.07) is 0. The first-order chi connectivity index (χ1) is 3.66. The van der Waals surface area contributed by atoms with Gasteiger partial charge in [-0.15, -0.1) is 12.4 Å². The second-order valence-electron chi connectivity index (χ2n) is 1.97. The van der Waals surface area contributed by atoms with Crippen LogP contribution in [0.5, 0.6) is 0 Å². The Labute approximate surface area is 61.1 Å². The van der Waals surface area contributed by atoms with Gasteiger partial charge in [0, 0.05) is 6.54 Å². The average molecular weight is 154 g/mol. The first-order valence-corrected chi connectivity index (χ1v) is 2.45. The molecule has 0 aromatic rings. The lowest BCUT2D eigenvalue weighted by atomic mass is 10.4. The summed E-state index contributed by atoms with van der Waals surface area (Å²) >= 11 is 0. The summed E-state index contributed by atoms with van der Waals surface area (Å²) in [4.78, 5) is 11.5. The Morgan fingerprint density at radius 2 is 2.11 bits per heavy atom. The number of carbonyl (C=O) groups excluding carboxylic acids is 1. The third-order valence-corrected chi connectivity index (χ3v) is 0.709. The standard InChI is InChI=1S/C5H11NO2.ClH/c1-6(2)3-5(8)4-7;/h4-5,8H,3H2,1-2H3;1H. The van der Waals surface area contributed by atoms with Crippen molar-refractivity contribution in [3.63, 3.8) is 0 Å². The first kappa shape index (κ1) is 11.6. The molecule has 3 nitrogen and oxygen atoms in total. The van der Waals surface area contributed by atoms with Gasteiger partial charge in [0.1, 0.15) is 12.4 Å². The van der Waals surface area contributed by atoms with E-state index >= 15 is 0 Å². The van der Waals surface area contributed by atoms with E-state index in [0.29, 0.717) is 12.8 Å². The summed E-state index contributed by atoms with van der Waals surface area (Å²) in [6.07, 6.45) is -0.301. The van der Waals surface area contributed by atoms with Gasteiger partial charge in [-0.3, -0.25) is 0 Å². The zero-order valence-electron chi connectivity index (χ0n) is 5.57. The Kier molecular flexibility index (Phi) is 7.77. The first-order valence-electron chi connectivity index (χ1n) is 2.45. The Balaban J connectivity index is 0. The number of aldehydes is 1. The quantitative estimate of drug-likeness (QED) is 0.558.